The molecule has 0 aromatic heterocycles. The van der Waals surface area contributed by atoms with E-state index in [0.717, 1.165) is 16.9 Å². The quantitative estimate of drug-likeness (QED) is 0.814. The van der Waals surface area contributed by atoms with Gasteiger partial charge in [-0.1, -0.05) is 0 Å². The molecular formula is C12H17NO4. The number of methoxy groups -OCH3 is 1. The molecule has 17 heavy (non-hydrogen) atoms. The third kappa shape index (κ3) is 2.52. The Hall–Kier alpha value is -1.30. The van der Waals surface area contributed by atoms with Gasteiger partial charge in [0.2, 0.25) is 0 Å². The van der Waals surface area contributed by atoms with Crippen LogP contribution in [-0.2, 0) is 11.3 Å². The topological polar surface area (TPSA) is 60.0 Å². The molecule has 0 bridgehead atoms. The van der Waals surface area contributed by atoms with Crippen molar-refractivity contribution in [2.75, 3.05) is 27.5 Å². The van der Waals surface area contributed by atoms with E-state index in [1.54, 1.807) is 14.2 Å². The molecule has 0 fully saturated rings. The average Bonchev–Trinajstić information content (AvgIpc) is 2.37. The summed E-state index contributed by atoms with van der Waals surface area (Å²) < 4.78 is 15.9. The largest absolute Gasteiger partial charge is 0.496 e. The number of hydrogen-bond donors (Lipinski definition) is 2. The van der Waals surface area contributed by atoms with Crippen molar-refractivity contribution in [3.8, 4) is 11.5 Å². The number of fused-ring (bicyclic) bond motifs is 1. The molecule has 0 aliphatic carbocycles. The van der Waals surface area contributed by atoms with Crippen molar-refractivity contribution in [1.82, 2.24) is 5.32 Å². The molecule has 1 aliphatic rings. The number of benzene rings is 1. The zero-order valence-corrected chi connectivity index (χ0v) is 10.0. The van der Waals surface area contributed by atoms with Crippen LogP contribution in [0.15, 0.2) is 12.1 Å². The van der Waals surface area contributed by atoms with Crippen LogP contribution >= 0.6 is 0 Å². The summed E-state index contributed by atoms with van der Waals surface area (Å²) in [6.07, 6.45) is -0.619. The molecule has 2 rings (SSSR count). The third-order valence-electron chi connectivity index (χ3n) is 2.72. The first-order valence-corrected chi connectivity index (χ1v) is 5.50. The van der Waals surface area contributed by atoms with Crippen LogP contribution in [0.3, 0.4) is 0 Å². The van der Waals surface area contributed by atoms with Crippen molar-refractivity contribution >= 4 is 0 Å². The summed E-state index contributed by atoms with van der Waals surface area (Å²) in [6.45, 7) is 1.22. The number of aliphatic hydroxyl groups excluding tert-OH is 1. The number of ether oxygens (including phenoxy) is 3. The SMILES string of the molecule is CNCC(O)c1cc2c(cc1OC)COCO2. The summed E-state index contributed by atoms with van der Waals surface area (Å²) in [6, 6.07) is 3.67. The minimum Gasteiger partial charge on any atom is -0.496 e. The highest BCUT2D eigenvalue weighted by atomic mass is 16.7. The lowest BCUT2D eigenvalue weighted by molar-refractivity contribution is -0.0167. The van der Waals surface area contributed by atoms with Crippen LogP contribution in [0.25, 0.3) is 0 Å². The number of hydrogen-bond acceptors (Lipinski definition) is 5. The molecule has 1 atom stereocenters. The second-order valence-corrected chi connectivity index (χ2v) is 3.89. The van der Waals surface area contributed by atoms with E-state index in [9.17, 15) is 5.11 Å². The Morgan fingerprint density at radius 2 is 2.35 bits per heavy atom. The minimum atomic E-state index is -0.619. The van der Waals surface area contributed by atoms with Crippen LogP contribution in [0.1, 0.15) is 17.2 Å². The first-order chi connectivity index (χ1) is 8.26. The summed E-state index contributed by atoms with van der Waals surface area (Å²) in [5, 5.41) is 12.9. The van der Waals surface area contributed by atoms with E-state index < -0.39 is 6.10 Å². The van der Waals surface area contributed by atoms with Gasteiger partial charge in [-0.25, -0.2) is 0 Å². The summed E-state index contributed by atoms with van der Waals surface area (Å²) in [5.41, 5.74) is 1.66. The van der Waals surface area contributed by atoms with Gasteiger partial charge >= 0.3 is 0 Å². The number of nitrogens with one attached hydrogen (secondary N) is 1. The summed E-state index contributed by atoms with van der Waals surface area (Å²) in [7, 11) is 3.38. The van der Waals surface area contributed by atoms with Crippen molar-refractivity contribution in [3.05, 3.63) is 23.3 Å². The fourth-order valence-corrected chi connectivity index (χ4v) is 1.86. The van der Waals surface area contributed by atoms with E-state index in [-0.39, 0.29) is 6.79 Å². The molecule has 5 nitrogen and oxygen atoms in total. The average molecular weight is 239 g/mol. The van der Waals surface area contributed by atoms with E-state index in [0.29, 0.717) is 18.9 Å². The fraction of sp³-hybridized carbons (Fsp3) is 0.500. The van der Waals surface area contributed by atoms with Gasteiger partial charge in [-0.2, -0.15) is 0 Å². The molecule has 0 spiro atoms. The lowest BCUT2D eigenvalue weighted by atomic mass is 10.0. The molecule has 5 heteroatoms. The highest BCUT2D eigenvalue weighted by Crippen LogP contribution is 2.34. The van der Waals surface area contributed by atoms with Gasteiger partial charge in [0, 0.05) is 17.7 Å². The van der Waals surface area contributed by atoms with Gasteiger partial charge in [0.1, 0.15) is 11.5 Å². The molecule has 1 aromatic carbocycles. The van der Waals surface area contributed by atoms with E-state index in [1.807, 2.05) is 12.1 Å². The Morgan fingerprint density at radius 3 is 3.06 bits per heavy atom. The van der Waals surface area contributed by atoms with Crippen molar-refractivity contribution < 1.29 is 19.3 Å². The monoisotopic (exact) mass is 239 g/mol. The van der Waals surface area contributed by atoms with E-state index in [1.165, 1.54) is 0 Å². The Morgan fingerprint density at radius 1 is 1.53 bits per heavy atom. The molecule has 1 aromatic rings. The maximum absolute atomic E-state index is 10.0. The first-order valence-electron chi connectivity index (χ1n) is 5.50. The normalized spacial score (nSPS) is 15.9. The van der Waals surface area contributed by atoms with Gasteiger partial charge in [-0.05, 0) is 19.2 Å². The molecule has 1 aliphatic heterocycles. The predicted molar refractivity (Wildman–Crippen MR) is 62.2 cm³/mol. The minimum absolute atomic E-state index is 0.251. The summed E-state index contributed by atoms with van der Waals surface area (Å²) in [5.74, 6) is 1.41. The highest BCUT2D eigenvalue weighted by molar-refractivity contribution is 5.47. The standard InChI is InChI=1S/C12H17NO4/c1-13-5-10(14)9-4-11-8(3-12(9)15-2)6-16-7-17-11/h3-4,10,13-14H,5-7H2,1-2H3. The van der Waals surface area contributed by atoms with Crippen molar-refractivity contribution in [2.45, 2.75) is 12.7 Å². The zero-order valence-electron chi connectivity index (χ0n) is 10.0. The molecule has 0 saturated heterocycles. The molecule has 1 unspecified atom stereocenters. The van der Waals surface area contributed by atoms with Crippen LogP contribution in [0.2, 0.25) is 0 Å². The van der Waals surface area contributed by atoms with Crippen molar-refractivity contribution in [2.24, 2.45) is 0 Å². The Labute approximate surface area is 100 Å². The smallest absolute Gasteiger partial charge is 0.189 e. The molecular weight excluding hydrogens is 222 g/mol. The second-order valence-electron chi connectivity index (χ2n) is 3.89. The molecule has 94 valence electrons. The number of rotatable bonds is 4. The van der Waals surface area contributed by atoms with Crippen molar-refractivity contribution in [3.63, 3.8) is 0 Å². The van der Waals surface area contributed by atoms with E-state index in [4.69, 9.17) is 14.2 Å². The van der Waals surface area contributed by atoms with Crippen molar-refractivity contribution in [1.29, 1.82) is 0 Å². The van der Waals surface area contributed by atoms with Gasteiger partial charge in [-0.3, -0.25) is 0 Å². The Balaban J connectivity index is 2.36. The van der Waals surface area contributed by atoms with E-state index >= 15 is 0 Å². The lowest BCUT2D eigenvalue weighted by Crippen LogP contribution is -2.18. The second kappa shape index (κ2) is 5.35. The summed E-state index contributed by atoms with van der Waals surface area (Å²) in [4.78, 5) is 0. The first kappa shape index (κ1) is 12.2. The molecule has 0 radical (unpaired) electrons. The third-order valence-corrected chi connectivity index (χ3v) is 2.72. The van der Waals surface area contributed by atoms with E-state index in [2.05, 4.69) is 5.32 Å². The summed E-state index contributed by atoms with van der Waals surface area (Å²) >= 11 is 0. The molecule has 0 saturated carbocycles. The highest BCUT2D eigenvalue weighted by Gasteiger charge is 2.19. The van der Waals surface area contributed by atoms with Crippen LogP contribution in [-0.4, -0.2) is 32.6 Å². The van der Waals surface area contributed by atoms with Crippen LogP contribution in [0.4, 0.5) is 0 Å². The van der Waals surface area contributed by atoms with Gasteiger partial charge in [-0.15, -0.1) is 0 Å². The van der Waals surface area contributed by atoms with Crippen LogP contribution < -0.4 is 14.8 Å². The fourth-order valence-electron chi connectivity index (χ4n) is 1.86. The lowest BCUT2D eigenvalue weighted by Gasteiger charge is -2.22. The van der Waals surface area contributed by atoms with Crippen LogP contribution in [0.5, 0.6) is 11.5 Å². The maximum atomic E-state index is 10.0. The predicted octanol–water partition coefficient (Wildman–Crippen LogP) is 0.815. The van der Waals surface area contributed by atoms with Gasteiger partial charge in [0.05, 0.1) is 19.8 Å². The number of aliphatic hydroxyl groups is 1. The van der Waals surface area contributed by atoms with Crippen LogP contribution in [0, 0.1) is 0 Å². The molecule has 0 amide bonds. The van der Waals surface area contributed by atoms with Gasteiger partial charge in [0.25, 0.3) is 0 Å². The van der Waals surface area contributed by atoms with Gasteiger partial charge in [0.15, 0.2) is 6.79 Å². The Bertz CT molecular complexity index is 394. The molecule has 2 N–H and O–H groups in total. The zero-order chi connectivity index (χ0) is 12.3. The molecule has 1 heterocycles. The number of likely N-dealkylation sites (N-methyl/N-ethyl adjacent to an activating group) is 1. The van der Waals surface area contributed by atoms with Gasteiger partial charge < -0.3 is 24.6 Å². The Kier molecular flexibility index (Phi) is 3.83. The maximum Gasteiger partial charge on any atom is 0.189 e.